The van der Waals surface area contributed by atoms with Crippen LogP contribution in [0, 0.1) is 0 Å². The molecule has 1 saturated heterocycles. The summed E-state index contributed by atoms with van der Waals surface area (Å²) in [5.74, 6) is -0.0258. The van der Waals surface area contributed by atoms with Gasteiger partial charge in [0.1, 0.15) is 0 Å². The van der Waals surface area contributed by atoms with Crippen LogP contribution in [0.2, 0.25) is 0 Å². The Balaban J connectivity index is 2.32. The molecule has 1 aliphatic heterocycles. The van der Waals surface area contributed by atoms with Crippen LogP contribution in [0.3, 0.4) is 0 Å². The van der Waals surface area contributed by atoms with Crippen LogP contribution in [0.25, 0.3) is 0 Å². The summed E-state index contributed by atoms with van der Waals surface area (Å²) in [6.45, 7) is 5.66. The first-order valence-corrected chi connectivity index (χ1v) is 4.48. The van der Waals surface area contributed by atoms with E-state index in [9.17, 15) is 4.79 Å². The second-order valence-corrected chi connectivity index (χ2v) is 3.54. The lowest BCUT2D eigenvalue weighted by atomic mass is 9.95. The molecule has 0 aromatic carbocycles. The molecule has 3 nitrogen and oxygen atoms in total. The van der Waals surface area contributed by atoms with Crippen LogP contribution >= 0.6 is 0 Å². The SMILES string of the molecule is C/C=C/C=C/C(=O)NC1(C)CNC1. The lowest BCUT2D eigenvalue weighted by Crippen LogP contribution is -2.66. The summed E-state index contributed by atoms with van der Waals surface area (Å²) in [6.07, 6.45) is 7.01. The van der Waals surface area contributed by atoms with Crippen LogP contribution in [0.4, 0.5) is 0 Å². The Morgan fingerprint density at radius 2 is 2.15 bits per heavy atom. The third-order valence-electron chi connectivity index (χ3n) is 2.01. The lowest BCUT2D eigenvalue weighted by molar-refractivity contribution is -0.118. The third kappa shape index (κ3) is 3.03. The van der Waals surface area contributed by atoms with E-state index in [1.165, 1.54) is 0 Å². The molecule has 2 N–H and O–H groups in total. The Bertz CT molecular complexity index is 239. The van der Waals surface area contributed by atoms with Gasteiger partial charge in [0.15, 0.2) is 0 Å². The van der Waals surface area contributed by atoms with Crippen molar-refractivity contribution in [1.29, 1.82) is 0 Å². The van der Waals surface area contributed by atoms with E-state index in [1.807, 2.05) is 26.0 Å². The number of hydrogen-bond acceptors (Lipinski definition) is 2. The highest BCUT2D eigenvalue weighted by molar-refractivity contribution is 5.88. The van der Waals surface area contributed by atoms with E-state index in [-0.39, 0.29) is 11.4 Å². The van der Waals surface area contributed by atoms with Gasteiger partial charge in [-0.25, -0.2) is 0 Å². The Kier molecular flexibility index (Phi) is 3.25. The Morgan fingerprint density at radius 1 is 1.46 bits per heavy atom. The number of rotatable bonds is 3. The predicted molar refractivity (Wildman–Crippen MR) is 53.4 cm³/mol. The molecule has 0 saturated carbocycles. The Hall–Kier alpha value is -1.09. The van der Waals surface area contributed by atoms with Crippen molar-refractivity contribution in [2.75, 3.05) is 13.1 Å². The van der Waals surface area contributed by atoms with E-state index in [1.54, 1.807) is 12.2 Å². The van der Waals surface area contributed by atoms with Gasteiger partial charge in [-0.15, -0.1) is 0 Å². The zero-order valence-electron chi connectivity index (χ0n) is 8.13. The number of allylic oxidation sites excluding steroid dienone is 3. The molecule has 1 amide bonds. The minimum Gasteiger partial charge on any atom is -0.345 e. The molecule has 1 heterocycles. The quantitative estimate of drug-likeness (QED) is 0.493. The van der Waals surface area contributed by atoms with Crippen LogP contribution in [0.1, 0.15) is 13.8 Å². The summed E-state index contributed by atoms with van der Waals surface area (Å²) in [7, 11) is 0. The van der Waals surface area contributed by atoms with E-state index in [0.717, 1.165) is 13.1 Å². The molecular formula is C10H16N2O. The summed E-state index contributed by atoms with van der Waals surface area (Å²) >= 11 is 0. The minimum absolute atomic E-state index is 0.0258. The van der Waals surface area contributed by atoms with E-state index < -0.39 is 0 Å². The fourth-order valence-corrected chi connectivity index (χ4v) is 1.18. The lowest BCUT2D eigenvalue weighted by Gasteiger charge is -2.39. The van der Waals surface area contributed by atoms with Gasteiger partial charge in [-0.3, -0.25) is 4.79 Å². The molecule has 0 aromatic rings. The molecule has 0 radical (unpaired) electrons. The summed E-state index contributed by atoms with van der Waals surface area (Å²) in [5, 5.41) is 6.05. The van der Waals surface area contributed by atoms with E-state index in [4.69, 9.17) is 0 Å². The smallest absolute Gasteiger partial charge is 0.244 e. The Morgan fingerprint density at radius 3 is 2.62 bits per heavy atom. The topological polar surface area (TPSA) is 41.1 Å². The van der Waals surface area contributed by atoms with Crippen LogP contribution in [0.5, 0.6) is 0 Å². The molecule has 0 bridgehead atoms. The van der Waals surface area contributed by atoms with Crippen LogP contribution in [-0.2, 0) is 4.79 Å². The number of carbonyl (C=O) groups is 1. The van der Waals surface area contributed by atoms with Crippen molar-refractivity contribution in [2.24, 2.45) is 0 Å². The maximum Gasteiger partial charge on any atom is 0.244 e. The summed E-state index contributed by atoms with van der Waals surface area (Å²) in [6, 6.07) is 0. The summed E-state index contributed by atoms with van der Waals surface area (Å²) in [4.78, 5) is 11.3. The van der Waals surface area contributed by atoms with E-state index >= 15 is 0 Å². The molecule has 0 unspecified atom stereocenters. The second-order valence-electron chi connectivity index (χ2n) is 3.54. The molecular weight excluding hydrogens is 164 g/mol. The fourth-order valence-electron chi connectivity index (χ4n) is 1.18. The molecule has 1 rings (SSSR count). The average molecular weight is 180 g/mol. The first kappa shape index (κ1) is 9.99. The van der Waals surface area contributed by atoms with Crippen LogP contribution < -0.4 is 10.6 Å². The highest BCUT2D eigenvalue weighted by Crippen LogP contribution is 2.08. The third-order valence-corrected chi connectivity index (χ3v) is 2.01. The van der Waals surface area contributed by atoms with Gasteiger partial charge in [0.25, 0.3) is 0 Å². The number of carbonyl (C=O) groups excluding carboxylic acids is 1. The zero-order valence-corrected chi connectivity index (χ0v) is 8.13. The van der Waals surface area contributed by atoms with Crippen molar-refractivity contribution < 1.29 is 4.79 Å². The van der Waals surface area contributed by atoms with E-state index in [0.29, 0.717) is 0 Å². The van der Waals surface area contributed by atoms with Crippen molar-refractivity contribution in [1.82, 2.24) is 10.6 Å². The number of hydrogen-bond donors (Lipinski definition) is 2. The molecule has 3 heteroatoms. The van der Waals surface area contributed by atoms with E-state index in [2.05, 4.69) is 10.6 Å². The monoisotopic (exact) mass is 180 g/mol. The largest absolute Gasteiger partial charge is 0.345 e. The second kappa shape index (κ2) is 4.23. The van der Waals surface area contributed by atoms with Gasteiger partial charge in [0.05, 0.1) is 5.54 Å². The van der Waals surface area contributed by atoms with Gasteiger partial charge in [-0.2, -0.15) is 0 Å². The van der Waals surface area contributed by atoms with Crippen LogP contribution in [0.15, 0.2) is 24.3 Å². The molecule has 1 aliphatic rings. The Labute approximate surface area is 78.9 Å². The molecule has 0 spiro atoms. The van der Waals surface area contributed by atoms with Crippen molar-refractivity contribution in [2.45, 2.75) is 19.4 Å². The fraction of sp³-hybridized carbons (Fsp3) is 0.500. The van der Waals surface area contributed by atoms with Gasteiger partial charge >= 0.3 is 0 Å². The normalized spacial score (nSPS) is 20.5. The van der Waals surface area contributed by atoms with Gasteiger partial charge in [-0.1, -0.05) is 18.2 Å². The van der Waals surface area contributed by atoms with Crippen molar-refractivity contribution in [3.05, 3.63) is 24.3 Å². The number of amides is 1. The zero-order chi connectivity index (χ0) is 9.73. The maximum absolute atomic E-state index is 11.3. The predicted octanol–water partition coefficient (Wildman–Crippen LogP) is 0.597. The average Bonchev–Trinajstić information content (AvgIpc) is 2.02. The highest BCUT2D eigenvalue weighted by atomic mass is 16.1. The van der Waals surface area contributed by atoms with Gasteiger partial charge in [0, 0.05) is 19.2 Å². The minimum atomic E-state index is -0.0443. The van der Waals surface area contributed by atoms with Gasteiger partial charge in [-0.05, 0) is 13.8 Å². The molecule has 1 fully saturated rings. The molecule has 0 atom stereocenters. The summed E-state index contributed by atoms with van der Waals surface area (Å²) < 4.78 is 0. The molecule has 72 valence electrons. The maximum atomic E-state index is 11.3. The number of nitrogens with one attached hydrogen (secondary N) is 2. The molecule has 0 aliphatic carbocycles. The van der Waals surface area contributed by atoms with Crippen molar-refractivity contribution in [3.63, 3.8) is 0 Å². The molecule has 13 heavy (non-hydrogen) atoms. The molecule has 0 aromatic heterocycles. The first-order chi connectivity index (χ1) is 6.16. The summed E-state index contributed by atoms with van der Waals surface area (Å²) in [5.41, 5.74) is -0.0443. The first-order valence-electron chi connectivity index (χ1n) is 4.48. The highest BCUT2D eigenvalue weighted by Gasteiger charge is 2.32. The van der Waals surface area contributed by atoms with Crippen molar-refractivity contribution in [3.8, 4) is 0 Å². The van der Waals surface area contributed by atoms with Crippen LogP contribution in [-0.4, -0.2) is 24.5 Å². The van der Waals surface area contributed by atoms with Gasteiger partial charge in [0.2, 0.25) is 5.91 Å². The van der Waals surface area contributed by atoms with Crippen molar-refractivity contribution >= 4 is 5.91 Å². The van der Waals surface area contributed by atoms with Gasteiger partial charge < -0.3 is 10.6 Å². The standard InChI is InChI=1S/C10H16N2O/c1-3-4-5-6-9(13)12-10(2)7-11-8-10/h3-6,11H,7-8H2,1-2H3,(H,12,13)/b4-3+,6-5+.